The summed E-state index contributed by atoms with van der Waals surface area (Å²) in [6.45, 7) is 6.39. The zero-order chi connectivity index (χ0) is 45.2. The topological polar surface area (TPSA) is 95.9 Å². The van der Waals surface area contributed by atoms with E-state index in [2.05, 4.69) is 62.5 Å². The van der Waals surface area contributed by atoms with Crippen LogP contribution in [0.25, 0.3) is 0 Å². The van der Waals surface area contributed by atoms with Crippen LogP contribution in [0.1, 0.15) is 284 Å². The lowest BCUT2D eigenvalue weighted by Gasteiger charge is -2.24. The summed E-state index contributed by atoms with van der Waals surface area (Å²) in [6, 6.07) is -0.707. The number of esters is 1. The lowest BCUT2D eigenvalue weighted by atomic mass is 10.0. The van der Waals surface area contributed by atoms with Crippen molar-refractivity contribution in [1.82, 2.24) is 5.32 Å². The van der Waals surface area contributed by atoms with Gasteiger partial charge in [-0.15, -0.1) is 0 Å². The number of carbonyl (C=O) groups is 2. The first-order valence-corrected chi connectivity index (χ1v) is 27.2. The van der Waals surface area contributed by atoms with Gasteiger partial charge in [-0.2, -0.15) is 0 Å². The number of unbranched alkanes of at least 4 members (excludes halogenated alkanes) is 31. The second-order valence-electron chi connectivity index (χ2n) is 18.6. The third kappa shape index (κ3) is 44.7. The Labute approximate surface area is 385 Å². The Morgan fingerprint density at radius 1 is 0.484 bits per heavy atom. The van der Waals surface area contributed by atoms with Crippen LogP contribution in [0.5, 0.6) is 0 Å². The molecule has 0 radical (unpaired) electrons. The summed E-state index contributed by atoms with van der Waals surface area (Å²) in [5, 5.41) is 23.8. The highest BCUT2D eigenvalue weighted by Gasteiger charge is 2.24. The van der Waals surface area contributed by atoms with Crippen molar-refractivity contribution in [2.75, 3.05) is 6.61 Å². The highest BCUT2D eigenvalue weighted by Crippen LogP contribution is 2.18. The standard InChI is InChI=1S/C56H105NO5/c1-4-7-10-13-16-19-22-25-27-28-29-30-33-36-39-42-45-48-54(59)53(51-58)57-55(60)50-52(47-44-41-38-35-32-24-21-18-15-12-9-6-3)62-56(61)49-46-43-40-37-34-31-26-23-20-17-14-11-8-5-2/h9,12,18,21,31,34,52-54,58-59H,4-8,10-11,13-17,19-20,22-30,32-33,35-51H2,1-3H3,(H,57,60)/b12-9+,21-18+,34-31-. The fourth-order valence-electron chi connectivity index (χ4n) is 8.35. The van der Waals surface area contributed by atoms with E-state index in [0.717, 1.165) is 77.0 Å². The van der Waals surface area contributed by atoms with E-state index in [1.54, 1.807) is 0 Å². The van der Waals surface area contributed by atoms with Crippen molar-refractivity contribution < 1.29 is 24.5 Å². The van der Waals surface area contributed by atoms with Gasteiger partial charge in [-0.05, 0) is 77.0 Å². The average molecular weight is 872 g/mol. The number of rotatable bonds is 49. The summed E-state index contributed by atoms with van der Waals surface area (Å²) in [4.78, 5) is 26.2. The van der Waals surface area contributed by atoms with E-state index in [1.807, 2.05) is 0 Å². The average Bonchev–Trinajstić information content (AvgIpc) is 3.26. The zero-order valence-electron chi connectivity index (χ0n) is 41.5. The molecule has 62 heavy (non-hydrogen) atoms. The van der Waals surface area contributed by atoms with Crippen molar-refractivity contribution in [2.24, 2.45) is 0 Å². The molecular formula is C56H105NO5. The summed E-state index contributed by atoms with van der Waals surface area (Å²) in [5.41, 5.74) is 0. The van der Waals surface area contributed by atoms with Crippen molar-refractivity contribution in [3.63, 3.8) is 0 Å². The smallest absolute Gasteiger partial charge is 0.306 e. The van der Waals surface area contributed by atoms with Gasteiger partial charge < -0.3 is 20.3 Å². The predicted octanol–water partition coefficient (Wildman–Crippen LogP) is 16.5. The molecule has 6 heteroatoms. The molecule has 0 saturated carbocycles. The van der Waals surface area contributed by atoms with E-state index in [-0.39, 0.29) is 24.9 Å². The Morgan fingerprint density at radius 3 is 1.32 bits per heavy atom. The van der Waals surface area contributed by atoms with Crippen molar-refractivity contribution in [2.45, 2.75) is 302 Å². The third-order valence-corrected chi connectivity index (χ3v) is 12.5. The van der Waals surface area contributed by atoms with Gasteiger partial charge in [-0.25, -0.2) is 0 Å². The van der Waals surface area contributed by atoms with E-state index in [1.165, 1.54) is 161 Å². The molecule has 0 aliphatic heterocycles. The number of aliphatic hydroxyl groups excluding tert-OH is 2. The number of ether oxygens (including phenoxy) is 1. The monoisotopic (exact) mass is 872 g/mol. The molecule has 3 N–H and O–H groups in total. The Balaban J connectivity index is 4.50. The van der Waals surface area contributed by atoms with Gasteiger partial charge in [0.15, 0.2) is 0 Å². The summed E-state index contributed by atoms with van der Waals surface area (Å²) in [5.74, 6) is -0.498. The van der Waals surface area contributed by atoms with Crippen molar-refractivity contribution in [1.29, 1.82) is 0 Å². The third-order valence-electron chi connectivity index (χ3n) is 12.5. The minimum Gasteiger partial charge on any atom is -0.462 e. The summed E-state index contributed by atoms with van der Waals surface area (Å²) in [7, 11) is 0. The van der Waals surface area contributed by atoms with Gasteiger partial charge in [0, 0.05) is 6.42 Å². The molecule has 6 nitrogen and oxygen atoms in total. The quantitative estimate of drug-likeness (QED) is 0.0321. The largest absolute Gasteiger partial charge is 0.462 e. The molecule has 0 bridgehead atoms. The summed E-state index contributed by atoms with van der Waals surface area (Å²) in [6.07, 6.45) is 59.2. The van der Waals surface area contributed by atoms with E-state index < -0.39 is 18.2 Å². The molecule has 0 aromatic carbocycles. The SMILES string of the molecule is CC/C=C/C/C=C/CCCCCCCC(CC(=O)NC(CO)C(O)CCCCCCCCCCCCCCCCCCC)OC(=O)CCCCC/C=C\CCCCCCCCC. The van der Waals surface area contributed by atoms with Crippen LogP contribution in [-0.4, -0.2) is 46.9 Å². The Morgan fingerprint density at radius 2 is 0.871 bits per heavy atom. The molecule has 0 aromatic rings. The normalized spacial score (nSPS) is 13.4. The van der Waals surface area contributed by atoms with Gasteiger partial charge in [0.1, 0.15) is 6.10 Å². The van der Waals surface area contributed by atoms with Gasteiger partial charge in [-0.1, -0.05) is 231 Å². The number of nitrogens with one attached hydrogen (secondary N) is 1. The van der Waals surface area contributed by atoms with E-state index in [9.17, 15) is 19.8 Å². The van der Waals surface area contributed by atoms with Gasteiger partial charge >= 0.3 is 5.97 Å². The fourth-order valence-corrected chi connectivity index (χ4v) is 8.35. The van der Waals surface area contributed by atoms with Crippen LogP contribution >= 0.6 is 0 Å². The number of amides is 1. The highest BCUT2D eigenvalue weighted by molar-refractivity contribution is 5.77. The van der Waals surface area contributed by atoms with Crippen molar-refractivity contribution in [3.8, 4) is 0 Å². The minimum absolute atomic E-state index is 0.0644. The van der Waals surface area contributed by atoms with E-state index in [0.29, 0.717) is 19.3 Å². The number of carbonyl (C=O) groups excluding carboxylic acids is 2. The van der Waals surface area contributed by atoms with E-state index in [4.69, 9.17) is 4.74 Å². The number of hydrogen-bond acceptors (Lipinski definition) is 5. The number of aliphatic hydroxyl groups is 2. The first kappa shape index (κ1) is 60.1. The van der Waals surface area contributed by atoms with Gasteiger partial charge in [0.2, 0.25) is 5.91 Å². The molecule has 0 aliphatic rings. The van der Waals surface area contributed by atoms with Crippen LogP contribution in [0.3, 0.4) is 0 Å². The van der Waals surface area contributed by atoms with Gasteiger partial charge in [0.05, 0.1) is 25.2 Å². The maximum atomic E-state index is 13.2. The maximum absolute atomic E-state index is 13.2. The van der Waals surface area contributed by atoms with Crippen LogP contribution < -0.4 is 5.32 Å². The van der Waals surface area contributed by atoms with Crippen molar-refractivity contribution in [3.05, 3.63) is 36.5 Å². The second-order valence-corrected chi connectivity index (χ2v) is 18.6. The molecule has 364 valence electrons. The highest BCUT2D eigenvalue weighted by atomic mass is 16.5. The predicted molar refractivity (Wildman–Crippen MR) is 269 cm³/mol. The number of allylic oxidation sites excluding steroid dienone is 6. The Hall–Kier alpha value is -1.92. The molecule has 1 amide bonds. The lowest BCUT2D eigenvalue weighted by molar-refractivity contribution is -0.151. The van der Waals surface area contributed by atoms with Gasteiger partial charge in [-0.3, -0.25) is 9.59 Å². The van der Waals surface area contributed by atoms with Crippen LogP contribution in [0.2, 0.25) is 0 Å². The van der Waals surface area contributed by atoms with Crippen LogP contribution in [-0.2, 0) is 14.3 Å². The molecule has 3 atom stereocenters. The van der Waals surface area contributed by atoms with Gasteiger partial charge in [0.25, 0.3) is 0 Å². The molecular weight excluding hydrogens is 767 g/mol. The van der Waals surface area contributed by atoms with E-state index >= 15 is 0 Å². The summed E-state index contributed by atoms with van der Waals surface area (Å²) < 4.78 is 5.92. The summed E-state index contributed by atoms with van der Waals surface area (Å²) >= 11 is 0. The molecule has 0 fully saturated rings. The number of hydrogen-bond donors (Lipinski definition) is 3. The lowest BCUT2D eigenvalue weighted by Crippen LogP contribution is -2.46. The minimum atomic E-state index is -0.792. The van der Waals surface area contributed by atoms with Crippen LogP contribution in [0, 0.1) is 0 Å². The molecule has 0 aromatic heterocycles. The van der Waals surface area contributed by atoms with Crippen LogP contribution in [0.15, 0.2) is 36.5 Å². The Kier molecular flexibility index (Phi) is 48.5. The van der Waals surface area contributed by atoms with Crippen molar-refractivity contribution >= 4 is 11.9 Å². The zero-order valence-corrected chi connectivity index (χ0v) is 41.5. The Bertz CT molecular complexity index is 1020. The first-order valence-electron chi connectivity index (χ1n) is 27.2. The second kappa shape index (κ2) is 50.1. The molecule has 0 heterocycles. The maximum Gasteiger partial charge on any atom is 0.306 e. The van der Waals surface area contributed by atoms with Crippen LogP contribution in [0.4, 0.5) is 0 Å². The molecule has 0 aliphatic carbocycles. The molecule has 0 rings (SSSR count). The fraction of sp³-hybridized carbons (Fsp3) is 0.857. The molecule has 0 spiro atoms. The molecule has 3 unspecified atom stereocenters. The first-order chi connectivity index (χ1) is 30.5. The molecule has 0 saturated heterocycles.